The third-order valence-electron chi connectivity index (χ3n) is 6.45. The molecule has 0 radical (unpaired) electrons. The Morgan fingerprint density at radius 2 is 1.79 bits per heavy atom. The molecule has 1 atom stereocenters. The van der Waals surface area contributed by atoms with E-state index in [9.17, 15) is 4.79 Å². The number of amides is 1. The molecule has 5 nitrogen and oxygen atoms in total. The molecular formula is C24H26N4O. The Morgan fingerprint density at radius 3 is 2.62 bits per heavy atom. The number of imidazole rings is 1. The highest BCUT2D eigenvalue weighted by Crippen LogP contribution is 2.36. The van der Waals surface area contributed by atoms with E-state index in [0.717, 1.165) is 51.1 Å². The molecule has 3 aromatic rings. The largest absolute Gasteiger partial charge is 0.342 e. The van der Waals surface area contributed by atoms with Crippen molar-refractivity contribution in [3.8, 4) is 0 Å². The lowest BCUT2D eigenvalue weighted by atomic mass is 9.93. The molecule has 2 aromatic heterocycles. The van der Waals surface area contributed by atoms with Crippen LogP contribution in [0.1, 0.15) is 53.6 Å². The van der Waals surface area contributed by atoms with Crippen LogP contribution < -0.4 is 0 Å². The average molecular weight is 386 g/mol. The third kappa shape index (κ3) is 3.57. The number of nitrogens with zero attached hydrogens (tertiary/aromatic N) is 4. The SMILES string of the molecule is O=C(C1CCc2ccccc21)N1CCC(c2nccn2Cc2ccncc2)CC1. The Balaban J connectivity index is 1.24. The zero-order chi connectivity index (χ0) is 19.6. The van der Waals surface area contributed by atoms with Crippen LogP contribution in [0.25, 0.3) is 0 Å². The Kier molecular flexibility index (Phi) is 4.88. The molecule has 0 bridgehead atoms. The van der Waals surface area contributed by atoms with Crippen LogP contribution in [0, 0.1) is 0 Å². The molecule has 1 aliphatic carbocycles. The lowest BCUT2D eigenvalue weighted by Crippen LogP contribution is -2.40. The summed E-state index contributed by atoms with van der Waals surface area (Å²) in [4.78, 5) is 24.0. The smallest absolute Gasteiger partial charge is 0.230 e. The Bertz CT molecular complexity index is 989. The number of piperidine rings is 1. The minimum atomic E-state index is 0.0522. The first-order chi connectivity index (χ1) is 14.3. The number of likely N-dealkylation sites (tertiary alicyclic amines) is 1. The summed E-state index contributed by atoms with van der Waals surface area (Å²) in [5.74, 6) is 1.91. The van der Waals surface area contributed by atoms with E-state index in [4.69, 9.17) is 0 Å². The van der Waals surface area contributed by atoms with Crippen molar-refractivity contribution in [3.05, 3.63) is 83.7 Å². The molecule has 1 unspecified atom stereocenters. The predicted octanol–water partition coefficient (Wildman–Crippen LogP) is 3.76. The molecule has 2 aliphatic rings. The second-order valence-electron chi connectivity index (χ2n) is 8.16. The Labute approximate surface area is 171 Å². The molecule has 1 aliphatic heterocycles. The molecule has 5 heteroatoms. The summed E-state index contributed by atoms with van der Waals surface area (Å²) < 4.78 is 2.24. The van der Waals surface area contributed by atoms with Crippen molar-refractivity contribution in [2.24, 2.45) is 0 Å². The summed E-state index contributed by atoms with van der Waals surface area (Å²) in [6.45, 7) is 2.46. The monoisotopic (exact) mass is 386 g/mol. The summed E-state index contributed by atoms with van der Waals surface area (Å²) in [5.41, 5.74) is 3.82. The molecule has 148 valence electrons. The lowest BCUT2D eigenvalue weighted by Gasteiger charge is -2.33. The average Bonchev–Trinajstić information content (AvgIpc) is 3.41. The quantitative estimate of drug-likeness (QED) is 0.686. The molecule has 1 saturated heterocycles. The molecule has 5 rings (SSSR count). The lowest BCUT2D eigenvalue weighted by molar-refractivity contribution is -0.133. The number of rotatable bonds is 4. The number of aryl methyl sites for hydroxylation is 1. The molecule has 0 saturated carbocycles. The van der Waals surface area contributed by atoms with Crippen molar-refractivity contribution in [2.75, 3.05) is 13.1 Å². The molecule has 3 heterocycles. The van der Waals surface area contributed by atoms with Crippen molar-refractivity contribution in [1.29, 1.82) is 0 Å². The highest BCUT2D eigenvalue weighted by atomic mass is 16.2. The second kappa shape index (κ2) is 7.82. The maximum absolute atomic E-state index is 13.2. The van der Waals surface area contributed by atoms with Gasteiger partial charge in [-0.1, -0.05) is 24.3 Å². The van der Waals surface area contributed by atoms with Crippen LogP contribution in [0.4, 0.5) is 0 Å². The molecule has 0 spiro atoms. The van der Waals surface area contributed by atoms with Crippen LogP contribution in [0.2, 0.25) is 0 Å². The number of aromatic nitrogens is 3. The van der Waals surface area contributed by atoms with Crippen molar-refractivity contribution in [2.45, 2.75) is 44.1 Å². The zero-order valence-electron chi connectivity index (χ0n) is 16.6. The van der Waals surface area contributed by atoms with E-state index in [1.807, 2.05) is 30.7 Å². The van der Waals surface area contributed by atoms with Crippen LogP contribution in [0.5, 0.6) is 0 Å². The second-order valence-corrected chi connectivity index (χ2v) is 8.16. The number of carbonyl (C=O) groups excluding carboxylic acids is 1. The fourth-order valence-corrected chi connectivity index (χ4v) is 4.89. The van der Waals surface area contributed by atoms with Gasteiger partial charge in [0.2, 0.25) is 5.91 Å². The van der Waals surface area contributed by atoms with Crippen LogP contribution in [-0.4, -0.2) is 38.4 Å². The first-order valence-electron chi connectivity index (χ1n) is 10.6. The van der Waals surface area contributed by atoms with Gasteiger partial charge < -0.3 is 9.47 Å². The normalized spacial score (nSPS) is 19.3. The van der Waals surface area contributed by atoms with Gasteiger partial charge in [-0.2, -0.15) is 0 Å². The van der Waals surface area contributed by atoms with E-state index >= 15 is 0 Å². The number of pyridine rings is 1. The number of fused-ring (bicyclic) bond motifs is 1. The summed E-state index contributed by atoms with van der Waals surface area (Å²) >= 11 is 0. The standard InChI is InChI=1S/C24H26N4O/c29-24(22-6-5-19-3-1-2-4-21(19)22)27-14-9-20(10-15-27)23-26-13-16-28(23)17-18-7-11-25-12-8-18/h1-4,7-8,11-13,16,20,22H,5-6,9-10,14-15,17H2. The van der Waals surface area contributed by atoms with E-state index in [1.165, 1.54) is 16.7 Å². The topological polar surface area (TPSA) is 51.0 Å². The van der Waals surface area contributed by atoms with Crippen LogP contribution >= 0.6 is 0 Å². The van der Waals surface area contributed by atoms with Crippen molar-refractivity contribution >= 4 is 5.91 Å². The number of carbonyl (C=O) groups is 1. The summed E-state index contributed by atoms with van der Waals surface area (Å²) in [6, 6.07) is 12.5. The highest BCUT2D eigenvalue weighted by molar-refractivity contribution is 5.85. The van der Waals surface area contributed by atoms with Gasteiger partial charge in [0.05, 0.1) is 5.92 Å². The highest BCUT2D eigenvalue weighted by Gasteiger charge is 2.34. The van der Waals surface area contributed by atoms with Gasteiger partial charge in [0.25, 0.3) is 0 Å². The summed E-state index contributed by atoms with van der Waals surface area (Å²) in [6.07, 6.45) is 11.5. The van der Waals surface area contributed by atoms with Gasteiger partial charge in [0, 0.05) is 50.3 Å². The predicted molar refractivity (Wildman–Crippen MR) is 112 cm³/mol. The van der Waals surface area contributed by atoms with Crippen molar-refractivity contribution in [3.63, 3.8) is 0 Å². The minimum Gasteiger partial charge on any atom is -0.342 e. The fourth-order valence-electron chi connectivity index (χ4n) is 4.89. The molecular weight excluding hydrogens is 360 g/mol. The Morgan fingerprint density at radius 1 is 1.00 bits per heavy atom. The number of benzene rings is 1. The molecule has 29 heavy (non-hydrogen) atoms. The van der Waals surface area contributed by atoms with Gasteiger partial charge in [-0.3, -0.25) is 9.78 Å². The van der Waals surface area contributed by atoms with Gasteiger partial charge in [0.15, 0.2) is 0 Å². The van der Waals surface area contributed by atoms with E-state index < -0.39 is 0 Å². The van der Waals surface area contributed by atoms with Gasteiger partial charge in [0.1, 0.15) is 5.82 Å². The molecule has 1 aromatic carbocycles. The van der Waals surface area contributed by atoms with E-state index in [2.05, 4.69) is 49.9 Å². The first-order valence-corrected chi connectivity index (χ1v) is 10.6. The Hall–Kier alpha value is -2.95. The number of hydrogen-bond donors (Lipinski definition) is 0. The van der Waals surface area contributed by atoms with Gasteiger partial charge in [-0.15, -0.1) is 0 Å². The number of hydrogen-bond acceptors (Lipinski definition) is 3. The van der Waals surface area contributed by atoms with E-state index in [-0.39, 0.29) is 5.92 Å². The van der Waals surface area contributed by atoms with Gasteiger partial charge in [-0.25, -0.2) is 4.98 Å². The van der Waals surface area contributed by atoms with E-state index in [1.54, 1.807) is 0 Å². The van der Waals surface area contributed by atoms with Gasteiger partial charge in [-0.05, 0) is 54.5 Å². The summed E-state index contributed by atoms with van der Waals surface area (Å²) in [7, 11) is 0. The van der Waals surface area contributed by atoms with Crippen molar-refractivity contribution < 1.29 is 4.79 Å². The minimum absolute atomic E-state index is 0.0522. The molecule has 0 N–H and O–H groups in total. The van der Waals surface area contributed by atoms with Gasteiger partial charge >= 0.3 is 0 Å². The maximum Gasteiger partial charge on any atom is 0.230 e. The zero-order valence-corrected chi connectivity index (χ0v) is 16.6. The van der Waals surface area contributed by atoms with Crippen LogP contribution in [0.15, 0.2) is 61.2 Å². The van der Waals surface area contributed by atoms with E-state index in [0.29, 0.717) is 11.8 Å². The molecule has 1 fully saturated rings. The third-order valence-corrected chi connectivity index (χ3v) is 6.45. The fraction of sp³-hybridized carbons (Fsp3) is 0.375. The summed E-state index contributed by atoms with van der Waals surface area (Å²) in [5, 5.41) is 0. The first kappa shape index (κ1) is 18.1. The molecule has 1 amide bonds. The maximum atomic E-state index is 13.2. The van der Waals surface area contributed by atoms with Crippen molar-refractivity contribution in [1.82, 2.24) is 19.4 Å². The van der Waals surface area contributed by atoms with Crippen LogP contribution in [-0.2, 0) is 17.8 Å². The van der Waals surface area contributed by atoms with Crippen LogP contribution in [0.3, 0.4) is 0 Å².